The van der Waals surface area contributed by atoms with E-state index in [2.05, 4.69) is 27.7 Å². The average molecular weight is 408 g/mol. The van der Waals surface area contributed by atoms with Crippen LogP contribution in [0.2, 0.25) is 0 Å². The van der Waals surface area contributed by atoms with E-state index >= 15 is 0 Å². The molecule has 0 saturated carbocycles. The van der Waals surface area contributed by atoms with Crippen molar-refractivity contribution in [2.75, 3.05) is 6.61 Å². The van der Waals surface area contributed by atoms with Crippen molar-refractivity contribution >= 4 is 16.9 Å². The van der Waals surface area contributed by atoms with Gasteiger partial charge >= 0.3 is 11.6 Å². The lowest BCUT2D eigenvalue weighted by atomic mass is 9.82. The van der Waals surface area contributed by atoms with Crippen LogP contribution in [0.25, 0.3) is 11.0 Å². The highest BCUT2D eigenvalue weighted by molar-refractivity contribution is 5.78. The third kappa shape index (κ3) is 5.72. The van der Waals surface area contributed by atoms with Crippen molar-refractivity contribution in [3.63, 3.8) is 0 Å². The van der Waals surface area contributed by atoms with Crippen LogP contribution < -0.4 is 15.1 Å². The zero-order valence-corrected chi connectivity index (χ0v) is 17.9. The maximum absolute atomic E-state index is 12.2. The number of rotatable bonds is 8. The fourth-order valence-electron chi connectivity index (χ4n) is 3.52. The van der Waals surface area contributed by atoms with Crippen molar-refractivity contribution < 1.29 is 18.7 Å². The smallest absolute Gasteiger partial charge is 0.349 e. The van der Waals surface area contributed by atoms with Crippen molar-refractivity contribution in [3.05, 3.63) is 70.6 Å². The molecule has 1 atom stereocenters. The standard InChI is InChI=1S/C25H28O5/c1-16(2)13-22(17(3)4)18-5-9-20(10-6-18)29-25(27)15-28-21-11-7-19-8-12-24(26)30-23(19)14-21/h5-12,14,16-17,22H,13,15H2,1-4H3. The first kappa shape index (κ1) is 21.6. The van der Waals surface area contributed by atoms with Gasteiger partial charge in [-0.3, -0.25) is 0 Å². The Balaban J connectivity index is 1.59. The van der Waals surface area contributed by atoms with Crippen LogP contribution in [0.4, 0.5) is 0 Å². The van der Waals surface area contributed by atoms with Gasteiger partial charge in [0.1, 0.15) is 17.1 Å². The summed E-state index contributed by atoms with van der Waals surface area (Å²) in [5.41, 5.74) is 1.23. The predicted molar refractivity (Wildman–Crippen MR) is 117 cm³/mol. The van der Waals surface area contributed by atoms with Gasteiger partial charge in [0.15, 0.2) is 6.61 Å². The fourth-order valence-corrected chi connectivity index (χ4v) is 3.52. The molecule has 0 spiro atoms. The predicted octanol–water partition coefficient (Wildman–Crippen LogP) is 5.56. The van der Waals surface area contributed by atoms with Gasteiger partial charge in [-0.15, -0.1) is 0 Å². The minimum atomic E-state index is -0.500. The number of hydrogen-bond donors (Lipinski definition) is 0. The third-order valence-corrected chi connectivity index (χ3v) is 5.02. The topological polar surface area (TPSA) is 65.7 Å². The Kier molecular flexibility index (Phi) is 6.93. The normalized spacial score (nSPS) is 12.3. The first-order valence-corrected chi connectivity index (χ1v) is 10.3. The summed E-state index contributed by atoms with van der Waals surface area (Å²) in [6.45, 7) is 8.68. The van der Waals surface area contributed by atoms with Crippen molar-refractivity contribution in [2.24, 2.45) is 11.8 Å². The van der Waals surface area contributed by atoms with E-state index < -0.39 is 11.6 Å². The highest BCUT2D eigenvalue weighted by atomic mass is 16.6. The lowest BCUT2D eigenvalue weighted by Crippen LogP contribution is -2.17. The molecule has 0 N–H and O–H groups in total. The van der Waals surface area contributed by atoms with Crippen molar-refractivity contribution in [1.29, 1.82) is 0 Å². The molecule has 0 radical (unpaired) electrons. The van der Waals surface area contributed by atoms with Crippen molar-refractivity contribution in [2.45, 2.75) is 40.0 Å². The summed E-state index contributed by atoms with van der Waals surface area (Å²) in [4.78, 5) is 23.5. The van der Waals surface area contributed by atoms with Crippen LogP contribution in [0.3, 0.4) is 0 Å². The first-order chi connectivity index (χ1) is 14.3. The molecule has 1 aromatic heterocycles. The number of benzene rings is 2. The maximum atomic E-state index is 12.2. The van der Waals surface area contributed by atoms with Crippen LogP contribution in [-0.4, -0.2) is 12.6 Å². The van der Waals surface area contributed by atoms with Crippen molar-refractivity contribution in [3.8, 4) is 11.5 Å². The van der Waals surface area contributed by atoms with E-state index in [1.54, 1.807) is 24.3 Å². The van der Waals surface area contributed by atoms with Gasteiger partial charge in [0.2, 0.25) is 0 Å². The number of ether oxygens (including phenoxy) is 2. The number of esters is 1. The summed E-state index contributed by atoms with van der Waals surface area (Å²) >= 11 is 0. The molecule has 0 aliphatic heterocycles. The lowest BCUT2D eigenvalue weighted by molar-refractivity contribution is -0.136. The molecule has 0 aliphatic carbocycles. The molecule has 1 heterocycles. The van der Waals surface area contributed by atoms with Crippen LogP contribution in [0.5, 0.6) is 11.5 Å². The summed E-state index contributed by atoms with van der Waals surface area (Å²) in [5, 5.41) is 0.779. The van der Waals surface area contributed by atoms with E-state index in [1.807, 2.05) is 24.3 Å². The molecule has 0 amide bonds. The minimum Gasteiger partial charge on any atom is -0.482 e. The quantitative estimate of drug-likeness (QED) is 0.277. The molecule has 1 unspecified atom stereocenters. The van der Waals surface area contributed by atoms with Gasteiger partial charge < -0.3 is 13.9 Å². The molecule has 30 heavy (non-hydrogen) atoms. The van der Waals surface area contributed by atoms with Crippen molar-refractivity contribution in [1.82, 2.24) is 0 Å². The van der Waals surface area contributed by atoms with Crippen LogP contribution in [-0.2, 0) is 4.79 Å². The summed E-state index contributed by atoms with van der Waals surface area (Å²) < 4.78 is 16.0. The first-order valence-electron chi connectivity index (χ1n) is 10.3. The van der Waals surface area contributed by atoms with Crippen LogP contribution in [0.15, 0.2) is 63.8 Å². The van der Waals surface area contributed by atoms with Gasteiger partial charge in [-0.2, -0.15) is 0 Å². The molecule has 5 heteroatoms. The monoisotopic (exact) mass is 408 g/mol. The molecule has 3 aromatic rings. The summed E-state index contributed by atoms with van der Waals surface area (Å²) in [6, 6.07) is 15.8. The Morgan fingerprint density at radius 2 is 1.60 bits per heavy atom. The average Bonchev–Trinajstić information content (AvgIpc) is 2.70. The third-order valence-electron chi connectivity index (χ3n) is 5.02. The molecule has 3 rings (SSSR count). The molecule has 2 aromatic carbocycles. The molecule has 0 bridgehead atoms. The fraction of sp³-hybridized carbons (Fsp3) is 0.360. The van der Waals surface area contributed by atoms with Gasteiger partial charge in [-0.25, -0.2) is 9.59 Å². The Hall–Kier alpha value is -3.08. The summed E-state index contributed by atoms with van der Waals surface area (Å²) in [6.07, 6.45) is 1.12. The second-order valence-corrected chi connectivity index (χ2v) is 8.27. The summed E-state index contributed by atoms with van der Waals surface area (Å²) in [5.74, 6) is 2.06. The Morgan fingerprint density at radius 3 is 2.27 bits per heavy atom. The maximum Gasteiger partial charge on any atom is 0.349 e. The highest BCUT2D eigenvalue weighted by Crippen LogP contribution is 2.32. The van der Waals surface area contributed by atoms with Gasteiger partial charge in [0.05, 0.1) is 0 Å². The SMILES string of the molecule is CC(C)CC(c1ccc(OC(=O)COc2ccc3ccc(=O)oc3c2)cc1)C(C)C. The Bertz CT molecular complexity index is 1050. The van der Waals surface area contributed by atoms with E-state index in [0.717, 1.165) is 11.8 Å². The van der Waals surface area contributed by atoms with Crippen LogP contribution in [0, 0.1) is 11.8 Å². The molecular formula is C25H28O5. The zero-order valence-electron chi connectivity index (χ0n) is 17.9. The second-order valence-electron chi connectivity index (χ2n) is 8.27. The second kappa shape index (κ2) is 9.61. The molecule has 0 aliphatic rings. The molecule has 158 valence electrons. The van der Waals surface area contributed by atoms with Crippen LogP contribution in [0.1, 0.15) is 45.6 Å². The largest absolute Gasteiger partial charge is 0.482 e. The van der Waals surface area contributed by atoms with E-state index in [1.165, 1.54) is 11.6 Å². The molecule has 0 fully saturated rings. The Morgan fingerprint density at radius 1 is 0.933 bits per heavy atom. The van der Waals surface area contributed by atoms with Gasteiger partial charge in [0.25, 0.3) is 0 Å². The molecular weight excluding hydrogens is 380 g/mol. The number of fused-ring (bicyclic) bond motifs is 1. The van der Waals surface area contributed by atoms with Gasteiger partial charge in [-0.05, 0) is 60.1 Å². The van der Waals surface area contributed by atoms with E-state index in [4.69, 9.17) is 13.9 Å². The van der Waals surface area contributed by atoms with E-state index in [9.17, 15) is 9.59 Å². The van der Waals surface area contributed by atoms with Gasteiger partial charge in [0, 0.05) is 17.5 Å². The number of carbonyl (C=O) groups excluding carboxylic acids is 1. The minimum absolute atomic E-state index is 0.244. The lowest BCUT2D eigenvalue weighted by Gasteiger charge is -2.23. The van der Waals surface area contributed by atoms with E-state index in [0.29, 0.717) is 34.8 Å². The van der Waals surface area contributed by atoms with Gasteiger partial charge in [-0.1, -0.05) is 39.8 Å². The Labute approximate surface area is 176 Å². The van der Waals surface area contributed by atoms with Crippen LogP contribution >= 0.6 is 0 Å². The molecule has 5 nitrogen and oxygen atoms in total. The molecule has 0 saturated heterocycles. The number of carbonyl (C=O) groups is 1. The summed E-state index contributed by atoms with van der Waals surface area (Å²) in [7, 11) is 0. The highest BCUT2D eigenvalue weighted by Gasteiger charge is 2.17. The zero-order chi connectivity index (χ0) is 21.7. The van der Waals surface area contributed by atoms with E-state index in [-0.39, 0.29) is 6.61 Å². The number of hydrogen-bond acceptors (Lipinski definition) is 5.